The van der Waals surface area contributed by atoms with Gasteiger partial charge in [-0.05, 0) is 39.7 Å². The lowest BCUT2D eigenvalue weighted by Gasteiger charge is -2.34. The Morgan fingerprint density at radius 2 is 2.00 bits per heavy atom. The molecule has 1 fully saturated rings. The predicted octanol–water partition coefficient (Wildman–Crippen LogP) is 2.19. The molecule has 0 aromatic rings. The molecule has 1 saturated heterocycles. The molecule has 0 spiro atoms. The maximum Gasteiger partial charge on any atom is 0.223 e. The molecule has 1 amide bonds. The standard InChI is InChI=1S/C13H25ClN2O/c1-11(2)15(3)10-12-5-8-16(9-6-12)13(17)4-7-14/h11-12H,4-10H2,1-3H3. The summed E-state index contributed by atoms with van der Waals surface area (Å²) in [6, 6.07) is 0.603. The van der Waals surface area contributed by atoms with E-state index in [-0.39, 0.29) is 5.91 Å². The van der Waals surface area contributed by atoms with Gasteiger partial charge in [0.25, 0.3) is 0 Å². The zero-order valence-corrected chi connectivity index (χ0v) is 12.0. The Bertz CT molecular complexity index is 238. The van der Waals surface area contributed by atoms with Crippen LogP contribution in [0.5, 0.6) is 0 Å². The summed E-state index contributed by atoms with van der Waals surface area (Å²) < 4.78 is 0. The predicted molar refractivity (Wildman–Crippen MR) is 72.4 cm³/mol. The van der Waals surface area contributed by atoms with Gasteiger partial charge in [-0.25, -0.2) is 0 Å². The van der Waals surface area contributed by atoms with Crippen molar-refractivity contribution >= 4 is 17.5 Å². The molecule has 0 N–H and O–H groups in total. The fraction of sp³-hybridized carbons (Fsp3) is 0.923. The van der Waals surface area contributed by atoms with Crippen LogP contribution in [-0.4, -0.2) is 54.3 Å². The molecule has 1 aliphatic rings. The van der Waals surface area contributed by atoms with E-state index in [1.807, 2.05) is 4.90 Å². The fourth-order valence-electron chi connectivity index (χ4n) is 2.22. The van der Waals surface area contributed by atoms with Gasteiger partial charge in [0.2, 0.25) is 5.91 Å². The number of alkyl halides is 1. The topological polar surface area (TPSA) is 23.6 Å². The number of nitrogens with zero attached hydrogens (tertiary/aromatic N) is 2. The smallest absolute Gasteiger partial charge is 0.223 e. The lowest BCUT2D eigenvalue weighted by Crippen LogP contribution is -2.42. The number of amides is 1. The van der Waals surface area contributed by atoms with Crippen molar-refractivity contribution in [3.8, 4) is 0 Å². The summed E-state index contributed by atoms with van der Waals surface area (Å²) >= 11 is 5.59. The zero-order valence-electron chi connectivity index (χ0n) is 11.3. The van der Waals surface area contributed by atoms with Gasteiger partial charge >= 0.3 is 0 Å². The van der Waals surface area contributed by atoms with Crippen molar-refractivity contribution in [1.29, 1.82) is 0 Å². The molecule has 0 unspecified atom stereocenters. The number of carbonyl (C=O) groups is 1. The lowest BCUT2D eigenvalue weighted by molar-refractivity contribution is -0.132. The Morgan fingerprint density at radius 1 is 1.41 bits per heavy atom. The van der Waals surface area contributed by atoms with E-state index in [9.17, 15) is 4.79 Å². The van der Waals surface area contributed by atoms with E-state index in [0.29, 0.717) is 18.3 Å². The van der Waals surface area contributed by atoms with Crippen LogP contribution in [0.2, 0.25) is 0 Å². The Hall–Kier alpha value is -0.280. The summed E-state index contributed by atoms with van der Waals surface area (Å²) in [5.41, 5.74) is 0. The fourth-order valence-corrected chi connectivity index (χ4v) is 2.38. The molecule has 100 valence electrons. The maximum absolute atomic E-state index is 11.7. The molecular weight excluding hydrogens is 236 g/mol. The highest BCUT2D eigenvalue weighted by molar-refractivity contribution is 6.18. The first-order chi connectivity index (χ1) is 8.04. The molecule has 0 aliphatic carbocycles. The highest BCUT2D eigenvalue weighted by Crippen LogP contribution is 2.19. The summed E-state index contributed by atoms with van der Waals surface area (Å²) in [7, 11) is 2.18. The number of hydrogen-bond acceptors (Lipinski definition) is 2. The van der Waals surface area contributed by atoms with Crippen LogP contribution in [0.3, 0.4) is 0 Å². The van der Waals surface area contributed by atoms with Gasteiger partial charge in [0.1, 0.15) is 0 Å². The van der Waals surface area contributed by atoms with E-state index in [1.165, 1.54) is 0 Å². The molecule has 0 radical (unpaired) electrons. The van der Waals surface area contributed by atoms with Crippen LogP contribution in [0.4, 0.5) is 0 Å². The van der Waals surface area contributed by atoms with Gasteiger partial charge in [-0.3, -0.25) is 4.79 Å². The van der Waals surface area contributed by atoms with E-state index in [2.05, 4.69) is 25.8 Å². The first-order valence-corrected chi connectivity index (χ1v) is 7.12. The Balaban J connectivity index is 2.28. The number of likely N-dealkylation sites (tertiary alicyclic amines) is 1. The molecule has 0 aromatic carbocycles. The van der Waals surface area contributed by atoms with Crippen LogP contribution < -0.4 is 0 Å². The summed E-state index contributed by atoms with van der Waals surface area (Å²) in [5, 5.41) is 0. The largest absolute Gasteiger partial charge is 0.343 e. The highest BCUT2D eigenvalue weighted by atomic mass is 35.5. The van der Waals surface area contributed by atoms with Gasteiger partial charge in [0.05, 0.1) is 0 Å². The Labute approximate surface area is 110 Å². The normalized spacial score (nSPS) is 18.1. The van der Waals surface area contributed by atoms with Crippen molar-refractivity contribution in [1.82, 2.24) is 9.80 Å². The highest BCUT2D eigenvalue weighted by Gasteiger charge is 2.23. The van der Waals surface area contributed by atoms with Crippen molar-refractivity contribution in [3.05, 3.63) is 0 Å². The third kappa shape index (κ3) is 4.84. The van der Waals surface area contributed by atoms with Gasteiger partial charge in [0.15, 0.2) is 0 Å². The van der Waals surface area contributed by atoms with Crippen molar-refractivity contribution in [3.63, 3.8) is 0 Å². The van der Waals surface area contributed by atoms with Crippen LogP contribution in [0, 0.1) is 5.92 Å². The van der Waals surface area contributed by atoms with Crippen LogP contribution in [0.25, 0.3) is 0 Å². The second-order valence-corrected chi connectivity index (χ2v) is 5.67. The van der Waals surface area contributed by atoms with E-state index < -0.39 is 0 Å². The van der Waals surface area contributed by atoms with Crippen LogP contribution in [0.15, 0.2) is 0 Å². The molecule has 0 aromatic heterocycles. The average Bonchev–Trinajstić information content (AvgIpc) is 2.30. The number of halogens is 1. The minimum absolute atomic E-state index is 0.218. The third-order valence-electron chi connectivity index (χ3n) is 3.70. The Kier molecular flexibility index (Phi) is 6.28. The number of piperidine rings is 1. The maximum atomic E-state index is 11.7. The second kappa shape index (κ2) is 7.22. The van der Waals surface area contributed by atoms with Gasteiger partial charge in [0, 0.05) is 38.0 Å². The van der Waals surface area contributed by atoms with Crippen molar-refractivity contribution in [2.45, 2.75) is 39.2 Å². The molecule has 1 rings (SSSR count). The first kappa shape index (κ1) is 14.8. The van der Waals surface area contributed by atoms with Crippen molar-refractivity contribution in [2.24, 2.45) is 5.92 Å². The van der Waals surface area contributed by atoms with Gasteiger partial charge < -0.3 is 9.80 Å². The quantitative estimate of drug-likeness (QED) is 0.708. The molecule has 0 atom stereocenters. The van der Waals surface area contributed by atoms with Gasteiger partial charge in [-0.1, -0.05) is 0 Å². The Morgan fingerprint density at radius 3 is 2.47 bits per heavy atom. The van der Waals surface area contributed by atoms with Crippen molar-refractivity contribution in [2.75, 3.05) is 32.6 Å². The van der Waals surface area contributed by atoms with Crippen LogP contribution in [0.1, 0.15) is 33.1 Å². The SMILES string of the molecule is CC(C)N(C)CC1CCN(C(=O)CCCl)CC1. The zero-order chi connectivity index (χ0) is 12.8. The monoisotopic (exact) mass is 260 g/mol. The van der Waals surface area contributed by atoms with E-state index in [1.54, 1.807) is 0 Å². The number of carbonyl (C=O) groups excluding carboxylic acids is 1. The number of hydrogen-bond donors (Lipinski definition) is 0. The second-order valence-electron chi connectivity index (χ2n) is 5.30. The van der Waals surface area contributed by atoms with Gasteiger partial charge in [-0.2, -0.15) is 0 Å². The molecule has 1 heterocycles. The number of rotatable bonds is 5. The molecule has 17 heavy (non-hydrogen) atoms. The third-order valence-corrected chi connectivity index (χ3v) is 3.89. The molecule has 3 nitrogen and oxygen atoms in total. The summed E-state index contributed by atoms with van der Waals surface area (Å²) in [4.78, 5) is 16.0. The molecule has 4 heteroatoms. The minimum Gasteiger partial charge on any atom is -0.343 e. The molecule has 1 aliphatic heterocycles. The van der Waals surface area contributed by atoms with E-state index >= 15 is 0 Å². The summed E-state index contributed by atoms with van der Waals surface area (Å²) in [5.74, 6) is 1.40. The molecule has 0 bridgehead atoms. The molecular formula is C13H25ClN2O. The summed E-state index contributed by atoms with van der Waals surface area (Å²) in [6.45, 7) is 7.41. The van der Waals surface area contributed by atoms with E-state index in [4.69, 9.17) is 11.6 Å². The van der Waals surface area contributed by atoms with Crippen LogP contribution >= 0.6 is 11.6 Å². The van der Waals surface area contributed by atoms with Crippen LogP contribution in [-0.2, 0) is 4.79 Å². The minimum atomic E-state index is 0.218. The summed E-state index contributed by atoms with van der Waals surface area (Å²) in [6.07, 6.45) is 2.74. The first-order valence-electron chi connectivity index (χ1n) is 6.58. The average molecular weight is 261 g/mol. The van der Waals surface area contributed by atoms with E-state index in [0.717, 1.165) is 38.4 Å². The van der Waals surface area contributed by atoms with Gasteiger partial charge in [-0.15, -0.1) is 11.6 Å². The lowest BCUT2D eigenvalue weighted by atomic mass is 9.95. The van der Waals surface area contributed by atoms with Crippen molar-refractivity contribution < 1.29 is 4.79 Å². The molecule has 0 saturated carbocycles.